The van der Waals surface area contributed by atoms with Crippen LogP contribution < -0.4 is 11.2 Å². The standard InChI is InChI=1S/C13H10N2O3S/c16-8-3-4-11-10(6-8)12(17)15(13(18)14-11)7-9-2-1-5-19-9/h1-6,16H,7H2,(H,14,18). The fourth-order valence-electron chi connectivity index (χ4n) is 1.94. The van der Waals surface area contributed by atoms with Crippen LogP contribution in [0.5, 0.6) is 5.75 Å². The lowest BCUT2D eigenvalue weighted by Gasteiger charge is -2.05. The number of phenolic OH excluding ortho intramolecular Hbond substituents is 1. The fourth-order valence-corrected chi connectivity index (χ4v) is 2.63. The van der Waals surface area contributed by atoms with Gasteiger partial charge in [0.2, 0.25) is 0 Å². The van der Waals surface area contributed by atoms with Crippen molar-refractivity contribution in [1.82, 2.24) is 9.55 Å². The SMILES string of the molecule is O=c1[nH]c2ccc(O)cc2c(=O)n1Cc1cccs1. The van der Waals surface area contributed by atoms with Gasteiger partial charge in [-0.3, -0.25) is 9.36 Å². The Morgan fingerprint density at radius 1 is 1.26 bits per heavy atom. The molecular weight excluding hydrogens is 264 g/mol. The number of aromatic hydroxyl groups is 1. The van der Waals surface area contributed by atoms with Crippen LogP contribution in [-0.4, -0.2) is 14.7 Å². The predicted octanol–water partition coefficient (Wildman–Crippen LogP) is 1.51. The molecule has 0 fully saturated rings. The zero-order valence-electron chi connectivity index (χ0n) is 9.79. The highest BCUT2D eigenvalue weighted by Crippen LogP contribution is 2.14. The Morgan fingerprint density at radius 2 is 2.11 bits per heavy atom. The molecule has 0 aliphatic rings. The third-order valence-electron chi connectivity index (χ3n) is 2.86. The topological polar surface area (TPSA) is 75.1 Å². The Bertz CT molecular complexity index is 846. The van der Waals surface area contributed by atoms with Crippen LogP contribution >= 0.6 is 11.3 Å². The fraction of sp³-hybridized carbons (Fsp3) is 0.0769. The zero-order valence-corrected chi connectivity index (χ0v) is 10.6. The van der Waals surface area contributed by atoms with Gasteiger partial charge in [0, 0.05) is 4.88 Å². The molecule has 0 saturated carbocycles. The Kier molecular flexibility index (Phi) is 2.72. The highest BCUT2D eigenvalue weighted by atomic mass is 32.1. The van der Waals surface area contributed by atoms with E-state index in [1.54, 1.807) is 0 Å². The number of hydrogen-bond acceptors (Lipinski definition) is 4. The van der Waals surface area contributed by atoms with Gasteiger partial charge in [0.25, 0.3) is 5.56 Å². The number of aromatic nitrogens is 2. The van der Waals surface area contributed by atoms with Crippen molar-refractivity contribution in [2.75, 3.05) is 0 Å². The number of hydrogen-bond donors (Lipinski definition) is 2. The average molecular weight is 274 g/mol. The van der Waals surface area contributed by atoms with Gasteiger partial charge in [-0.05, 0) is 29.6 Å². The normalized spacial score (nSPS) is 10.9. The minimum Gasteiger partial charge on any atom is -0.508 e. The smallest absolute Gasteiger partial charge is 0.329 e. The molecule has 6 heteroatoms. The first-order valence-electron chi connectivity index (χ1n) is 5.63. The zero-order chi connectivity index (χ0) is 13.4. The molecule has 0 bridgehead atoms. The minimum atomic E-state index is -0.448. The molecule has 96 valence electrons. The van der Waals surface area contributed by atoms with E-state index in [0.717, 1.165) is 9.44 Å². The Labute approximate surface area is 111 Å². The predicted molar refractivity (Wildman–Crippen MR) is 73.9 cm³/mol. The summed E-state index contributed by atoms with van der Waals surface area (Å²) in [7, 11) is 0. The first kappa shape index (κ1) is 11.7. The maximum absolute atomic E-state index is 12.3. The summed E-state index contributed by atoms with van der Waals surface area (Å²) in [4.78, 5) is 27.7. The van der Waals surface area contributed by atoms with Crippen molar-refractivity contribution in [2.24, 2.45) is 0 Å². The molecule has 0 saturated heterocycles. The molecule has 3 aromatic rings. The molecule has 0 aliphatic heterocycles. The highest BCUT2D eigenvalue weighted by Gasteiger charge is 2.09. The average Bonchev–Trinajstić information content (AvgIpc) is 2.89. The van der Waals surface area contributed by atoms with Gasteiger partial charge in [0.1, 0.15) is 5.75 Å². The molecule has 0 amide bonds. The van der Waals surface area contributed by atoms with E-state index in [4.69, 9.17) is 0 Å². The molecule has 2 aromatic heterocycles. The highest BCUT2D eigenvalue weighted by molar-refractivity contribution is 7.09. The van der Waals surface area contributed by atoms with E-state index >= 15 is 0 Å². The summed E-state index contributed by atoms with van der Waals surface area (Å²) < 4.78 is 1.13. The van der Waals surface area contributed by atoms with Crippen LogP contribution in [0.2, 0.25) is 0 Å². The van der Waals surface area contributed by atoms with Crippen molar-refractivity contribution in [3.05, 3.63) is 61.4 Å². The molecule has 2 heterocycles. The van der Waals surface area contributed by atoms with E-state index in [2.05, 4.69) is 4.98 Å². The first-order valence-corrected chi connectivity index (χ1v) is 6.51. The number of phenols is 1. The van der Waals surface area contributed by atoms with E-state index < -0.39 is 11.2 Å². The van der Waals surface area contributed by atoms with E-state index in [9.17, 15) is 14.7 Å². The second kappa shape index (κ2) is 4.40. The van der Waals surface area contributed by atoms with Gasteiger partial charge in [0.05, 0.1) is 17.4 Å². The van der Waals surface area contributed by atoms with E-state index in [-0.39, 0.29) is 12.3 Å². The van der Waals surface area contributed by atoms with Gasteiger partial charge in [-0.25, -0.2) is 4.79 Å². The molecule has 2 N–H and O–H groups in total. The third-order valence-corrected chi connectivity index (χ3v) is 3.72. The van der Waals surface area contributed by atoms with Crippen LogP contribution in [0.3, 0.4) is 0 Å². The summed E-state index contributed by atoms with van der Waals surface area (Å²) in [5.41, 5.74) is -0.421. The number of nitrogens with zero attached hydrogens (tertiary/aromatic N) is 1. The largest absolute Gasteiger partial charge is 0.508 e. The molecule has 0 aliphatic carbocycles. The van der Waals surface area contributed by atoms with Crippen LogP contribution in [-0.2, 0) is 6.54 Å². The van der Waals surface area contributed by atoms with Gasteiger partial charge in [-0.1, -0.05) is 6.07 Å². The first-order chi connectivity index (χ1) is 9.15. The van der Waals surface area contributed by atoms with E-state index in [0.29, 0.717) is 10.9 Å². The Balaban J connectivity index is 2.25. The summed E-state index contributed by atoms with van der Waals surface area (Å²) in [5.74, 6) is -0.000627. The van der Waals surface area contributed by atoms with Crippen LogP contribution in [0, 0.1) is 0 Å². The second-order valence-corrected chi connectivity index (χ2v) is 5.16. The monoisotopic (exact) mass is 274 g/mol. The molecule has 0 atom stereocenters. The van der Waals surface area contributed by atoms with Crippen molar-refractivity contribution < 1.29 is 5.11 Å². The summed E-state index contributed by atoms with van der Waals surface area (Å²) in [6.07, 6.45) is 0. The number of benzene rings is 1. The molecule has 0 radical (unpaired) electrons. The molecule has 19 heavy (non-hydrogen) atoms. The summed E-state index contributed by atoms with van der Waals surface area (Å²) in [6, 6.07) is 8.04. The van der Waals surface area contributed by atoms with Crippen LogP contribution in [0.25, 0.3) is 10.9 Å². The van der Waals surface area contributed by atoms with Crippen LogP contribution in [0.4, 0.5) is 0 Å². The number of nitrogens with one attached hydrogen (secondary N) is 1. The van der Waals surface area contributed by atoms with E-state index in [1.165, 1.54) is 29.5 Å². The van der Waals surface area contributed by atoms with Crippen molar-refractivity contribution in [3.8, 4) is 5.75 Å². The summed E-state index contributed by atoms with van der Waals surface area (Å²) in [6.45, 7) is 0.234. The van der Waals surface area contributed by atoms with Crippen LogP contribution in [0.1, 0.15) is 4.88 Å². The number of thiophene rings is 1. The number of fused-ring (bicyclic) bond motifs is 1. The van der Waals surface area contributed by atoms with Crippen molar-refractivity contribution in [1.29, 1.82) is 0 Å². The molecule has 1 aromatic carbocycles. The summed E-state index contributed by atoms with van der Waals surface area (Å²) in [5, 5.41) is 11.6. The molecule has 5 nitrogen and oxygen atoms in total. The Morgan fingerprint density at radius 3 is 2.84 bits per heavy atom. The van der Waals surface area contributed by atoms with Gasteiger partial charge >= 0.3 is 5.69 Å². The van der Waals surface area contributed by atoms with Crippen LogP contribution in [0.15, 0.2) is 45.3 Å². The lowest BCUT2D eigenvalue weighted by molar-refractivity contribution is 0.476. The number of rotatable bonds is 2. The van der Waals surface area contributed by atoms with Gasteiger partial charge in [-0.15, -0.1) is 11.3 Å². The van der Waals surface area contributed by atoms with Crippen molar-refractivity contribution >= 4 is 22.2 Å². The van der Waals surface area contributed by atoms with Crippen molar-refractivity contribution in [3.63, 3.8) is 0 Å². The number of H-pyrrole nitrogens is 1. The molecule has 0 unspecified atom stereocenters. The second-order valence-electron chi connectivity index (χ2n) is 4.13. The maximum Gasteiger partial charge on any atom is 0.329 e. The van der Waals surface area contributed by atoms with Gasteiger partial charge in [-0.2, -0.15) is 0 Å². The Hall–Kier alpha value is -2.34. The van der Waals surface area contributed by atoms with Gasteiger partial charge < -0.3 is 10.1 Å². The molecule has 3 rings (SSSR count). The summed E-state index contributed by atoms with van der Waals surface area (Å²) >= 11 is 1.48. The lowest BCUT2D eigenvalue weighted by atomic mass is 10.2. The number of aromatic amines is 1. The third kappa shape index (κ3) is 2.06. The maximum atomic E-state index is 12.3. The quantitative estimate of drug-likeness (QED) is 0.743. The lowest BCUT2D eigenvalue weighted by Crippen LogP contribution is -2.35. The molecule has 0 spiro atoms. The van der Waals surface area contributed by atoms with E-state index in [1.807, 2.05) is 17.5 Å². The minimum absolute atomic E-state index is 0.000627. The van der Waals surface area contributed by atoms with Gasteiger partial charge in [0.15, 0.2) is 0 Å². The van der Waals surface area contributed by atoms with Crippen molar-refractivity contribution in [2.45, 2.75) is 6.54 Å². The molecular formula is C13H10N2O3S.